The quantitative estimate of drug-likeness (QED) is 0.630. The third-order valence-corrected chi connectivity index (χ3v) is 3.81. The Morgan fingerprint density at radius 2 is 1.85 bits per heavy atom. The normalized spacial score (nSPS) is 20.6. The van der Waals surface area contributed by atoms with Crippen LogP contribution < -0.4 is 4.74 Å². The second kappa shape index (κ2) is 5.18. The predicted molar refractivity (Wildman–Crippen MR) is 75.9 cm³/mol. The monoisotopic (exact) mass is 279 g/mol. The fourth-order valence-corrected chi connectivity index (χ4v) is 1.90. The summed E-state index contributed by atoms with van der Waals surface area (Å²) in [6.45, 7) is 7.86. The molecule has 0 aromatic carbocycles. The number of methoxy groups -OCH3 is 1. The van der Waals surface area contributed by atoms with Gasteiger partial charge in [-0.3, -0.25) is 0 Å². The molecular formula is C14H19BFNO3. The van der Waals surface area contributed by atoms with Gasteiger partial charge in [0.1, 0.15) is 5.75 Å². The molecule has 1 aliphatic heterocycles. The van der Waals surface area contributed by atoms with E-state index in [1.807, 2.05) is 27.7 Å². The highest BCUT2D eigenvalue weighted by atomic mass is 19.1. The van der Waals surface area contributed by atoms with Crippen molar-refractivity contribution in [1.29, 1.82) is 0 Å². The van der Waals surface area contributed by atoms with Crippen molar-refractivity contribution < 1.29 is 18.4 Å². The summed E-state index contributed by atoms with van der Waals surface area (Å²) in [5.74, 6) is 1.50. The Labute approximate surface area is 119 Å². The van der Waals surface area contributed by atoms with Crippen LogP contribution in [0.25, 0.3) is 6.08 Å². The Morgan fingerprint density at radius 1 is 1.25 bits per heavy atom. The average molecular weight is 279 g/mol. The highest BCUT2D eigenvalue weighted by Crippen LogP contribution is 2.37. The summed E-state index contributed by atoms with van der Waals surface area (Å²) < 4.78 is 30.4. The second-order valence-electron chi connectivity index (χ2n) is 5.70. The molecule has 1 aromatic heterocycles. The number of aromatic nitrogens is 1. The third-order valence-electron chi connectivity index (χ3n) is 3.81. The summed E-state index contributed by atoms with van der Waals surface area (Å²) >= 11 is 0. The van der Waals surface area contributed by atoms with E-state index in [4.69, 9.17) is 14.0 Å². The standard InChI is InChI=1S/C14H19BFNO3/c1-13(2)14(3,4)20-15(19-13)8-6-10-11(18-5)7-9-17-12(10)16/h6-9H,1-5H3/b8-6+. The van der Waals surface area contributed by atoms with Crippen molar-refractivity contribution in [3.8, 4) is 5.75 Å². The molecule has 0 bridgehead atoms. The van der Waals surface area contributed by atoms with E-state index in [0.29, 0.717) is 5.75 Å². The number of ether oxygens (including phenoxy) is 1. The molecule has 2 rings (SSSR count). The zero-order valence-electron chi connectivity index (χ0n) is 12.4. The van der Waals surface area contributed by atoms with Gasteiger partial charge in [-0.05, 0) is 33.8 Å². The van der Waals surface area contributed by atoms with Crippen LogP contribution in [-0.2, 0) is 9.31 Å². The summed E-state index contributed by atoms with van der Waals surface area (Å²) in [5.41, 5.74) is -0.552. The molecule has 0 saturated carbocycles. The van der Waals surface area contributed by atoms with Gasteiger partial charge in [0, 0.05) is 6.20 Å². The molecule has 1 aromatic rings. The fourth-order valence-electron chi connectivity index (χ4n) is 1.90. The molecule has 0 unspecified atom stereocenters. The molecule has 0 spiro atoms. The fraction of sp³-hybridized carbons (Fsp3) is 0.500. The van der Waals surface area contributed by atoms with Crippen molar-refractivity contribution in [3.05, 3.63) is 29.7 Å². The Morgan fingerprint density at radius 3 is 2.40 bits per heavy atom. The van der Waals surface area contributed by atoms with Crippen LogP contribution in [0.4, 0.5) is 4.39 Å². The first kappa shape index (κ1) is 15.0. The van der Waals surface area contributed by atoms with Gasteiger partial charge >= 0.3 is 7.12 Å². The lowest BCUT2D eigenvalue weighted by atomic mass is 9.89. The highest BCUT2D eigenvalue weighted by Gasteiger charge is 2.50. The molecule has 108 valence electrons. The van der Waals surface area contributed by atoms with Crippen LogP contribution in [0.3, 0.4) is 0 Å². The first-order chi connectivity index (χ1) is 9.27. The van der Waals surface area contributed by atoms with Crippen molar-refractivity contribution in [2.75, 3.05) is 7.11 Å². The van der Waals surface area contributed by atoms with E-state index in [-0.39, 0.29) is 5.56 Å². The number of hydrogen-bond acceptors (Lipinski definition) is 4. The first-order valence-corrected chi connectivity index (χ1v) is 6.49. The molecule has 0 atom stereocenters. The largest absolute Gasteiger partial charge is 0.496 e. The molecule has 4 nitrogen and oxygen atoms in total. The molecule has 1 aliphatic rings. The van der Waals surface area contributed by atoms with E-state index in [2.05, 4.69) is 4.98 Å². The zero-order chi connectivity index (χ0) is 15.0. The summed E-state index contributed by atoms with van der Waals surface area (Å²) in [5, 5.41) is 0. The van der Waals surface area contributed by atoms with Gasteiger partial charge in [0.25, 0.3) is 0 Å². The summed E-state index contributed by atoms with van der Waals surface area (Å²) in [6.07, 6.45) is 2.93. The molecule has 20 heavy (non-hydrogen) atoms. The van der Waals surface area contributed by atoms with Gasteiger partial charge in [-0.15, -0.1) is 0 Å². The van der Waals surface area contributed by atoms with Gasteiger partial charge in [0.05, 0.1) is 23.9 Å². The molecule has 0 amide bonds. The van der Waals surface area contributed by atoms with Crippen molar-refractivity contribution in [2.45, 2.75) is 38.9 Å². The van der Waals surface area contributed by atoms with Gasteiger partial charge in [-0.1, -0.05) is 12.1 Å². The van der Waals surface area contributed by atoms with Crippen molar-refractivity contribution in [2.24, 2.45) is 0 Å². The van der Waals surface area contributed by atoms with Crippen LogP contribution in [0.5, 0.6) is 5.75 Å². The number of rotatable bonds is 3. The minimum Gasteiger partial charge on any atom is -0.496 e. The second-order valence-corrected chi connectivity index (χ2v) is 5.70. The SMILES string of the molecule is COc1ccnc(F)c1/C=C/B1OC(C)(C)C(C)(C)O1. The lowest BCUT2D eigenvalue weighted by Gasteiger charge is -2.32. The first-order valence-electron chi connectivity index (χ1n) is 6.49. The predicted octanol–water partition coefficient (Wildman–Crippen LogP) is 2.87. The van der Waals surface area contributed by atoms with Gasteiger partial charge in [-0.25, -0.2) is 4.98 Å². The van der Waals surface area contributed by atoms with Crippen molar-refractivity contribution in [1.82, 2.24) is 4.98 Å². The van der Waals surface area contributed by atoms with E-state index >= 15 is 0 Å². The zero-order valence-corrected chi connectivity index (χ0v) is 12.4. The lowest BCUT2D eigenvalue weighted by Crippen LogP contribution is -2.41. The molecule has 6 heteroatoms. The maximum atomic E-state index is 13.7. The Bertz CT molecular complexity index is 515. The molecule has 0 aliphatic carbocycles. The van der Waals surface area contributed by atoms with E-state index in [1.54, 1.807) is 18.1 Å². The Kier molecular flexibility index (Phi) is 3.89. The van der Waals surface area contributed by atoms with Crippen LogP contribution >= 0.6 is 0 Å². The maximum Gasteiger partial charge on any atom is 0.487 e. The van der Waals surface area contributed by atoms with Gasteiger partial charge in [-0.2, -0.15) is 4.39 Å². The van der Waals surface area contributed by atoms with Gasteiger partial charge in [0.15, 0.2) is 0 Å². The smallest absolute Gasteiger partial charge is 0.487 e. The van der Waals surface area contributed by atoms with E-state index in [9.17, 15) is 4.39 Å². The third kappa shape index (κ3) is 2.71. The topological polar surface area (TPSA) is 40.6 Å². The van der Waals surface area contributed by atoms with Crippen LogP contribution in [-0.4, -0.2) is 30.4 Å². The van der Waals surface area contributed by atoms with Crippen LogP contribution in [0, 0.1) is 5.95 Å². The summed E-state index contributed by atoms with van der Waals surface area (Å²) in [4.78, 5) is 3.61. The number of hydrogen-bond donors (Lipinski definition) is 0. The van der Waals surface area contributed by atoms with Crippen LogP contribution in [0.1, 0.15) is 33.3 Å². The van der Waals surface area contributed by atoms with E-state index in [1.165, 1.54) is 13.3 Å². The number of halogens is 1. The Hall–Kier alpha value is -1.40. The Balaban J connectivity index is 2.20. The van der Waals surface area contributed by atoms with Crippen molar-refractivity contribution in [3.63, 3.8) is 0 Å². The minimum atomic E-state index is -0.586. The minimum absolute atomic E-state index is 0.282. The average Bonchev–Trinajstić information content (AvgIpc) is 2.56. The molecule has 1 fully saturated rings. The van der Waals surface area contributed by atoms with Crippen LogP contribution in [0.15, 0.2) is 18.2 Å². The van der Waals surface area contributed by atoms with E-state index in [0.717, 1.165) is 0 Å². The number of pyridine rings is 1. The van der Waals surface area contributed by atoms with Gasteiger partial charge < -0.3 is 14.0 Å². The molecule has 0 N–H and O–H groups in total. The maximum absolute atomic E-state index is 13.7. The van der Waals surface area contributed by atoms with E-state index < -0.39 is 24.3 Å². The number of nitrogens with zero attached hydrogens (tertiary/aromatic N) is 1. The molecule has 0 radical (unpaired) electrons. The molecular weight excluding hydrogens is 260 g/mol. The van der Waals surface area contributed by atoms with Crippen LogP contribution in [0.2, 0.25) is 0 Å². The summed E-state index contributed by atoms with van der Waals surface area (Å²) in [7, 11) is 0.963. The highest BCUT2D eigenvalue weighted by molar-refractivity contribution is 6.52. The lowest BCUT2D eigenvalue weighted by molar-refractivity contribution is 0.00578. The molecule has 1 saturated heterocycles. The van der Waals surface area contributed by atoms with Gasteiger partial charge in [0.2, 0.25) is 5.95 Å². The molecule has 2 heterocycles. The summed E-state index contributed by atoms with van der Waals surface area (Å²) in [6, 6.07) is 1.60. The van der Waals surface area contributed by atoms with Crippen molar-refractivity contribution >= 4 is 13.2 Å².